The Morgan fingerprint density at radius 1 is 0.718 bits per heavy atom. The lowest BCUT2D eigenvalue weighted by molar-refractivity contribution is 0.585. The highest BCUT2D eigenvalue weighted by molar-refractivity contribution is 7.91. The third-order valence-corrected chi connectivity index (χ3v) is 9.54. The fourth-order valence-corrected chi connectivity index (χ4v) is 7.47. The quantitative estimate of drug-likeness (QED) is 0.217. The number of halogens is 6. The second-order valence-corrected chi connectivity index (χ2v) is 13.8. The standard InChI is InChI=1S/C30H24Cl4F2O2S/c31-25-17-29(33,13-9-21-5-1-3-7-27(21)35)15-11-23(25)19-39(37,38)20-24-12-16-30(34,18-26(24)32)14-10-22-6-2-4-8-28(22)36/h1-18,23-24H,19-20H2/b13-9+,14-10+. The number of allylic oxidation sites excluding steroid dienone is 10. The molecule has 0 heterocycles. The van der Waals surface area contributed by atoms with Crippen LogP contribution in [-0.2, 0) is 9.84 Å². The maximum Gasteiger partial charge on any atom is 0.152 e. The molecule has 2 aromatic rings. The summed E-state index contributed by atoms with van der Waals surface area (Å²) in [6.45, 7) is 0. The molecule has 9 heteroatoms. The van der Waals surface area contributed by atoms with Gasteiger partial charge in [-0.1, -0.05) is 108 Å². The maximum absolute atomic E-state index is 13.9. The monoisotopic (exact) mass is 626 g/mol. The number of hydrogen-bond donors (Lipinski definition) is 0. The molecule has 2 aromatic carbocycles. The first-order chi connectivity index (χ1) is 18.4. The summed E-state index contributed by atoms with van der Waals surface area (Å²) < 4.78 is 54.0. The average molecular weight is 628 g/mol. The van der Waals surface area contributed by atoms with Gasteiger partial charge in [0.25, 0.3) is 0 Å². The molecule has 0 amide bonds. The molecule has 0 aromatic heterocycles. The van der Waals surface area contributed by atoms with Crippen molar-refractivity contribution in [3.63, 3.8) is 0 Å². The zero-order valence-corrected chi connectivity index (χ0v) is 24.3. The third-order valence-electron chi connectivity index (χ3n) is 6.31. The van der Waals surface area contributed by atoms with Gasteiger partial charge in [0.15, 0.2) is 9.84 Å². The van der Waals surface area contributed by atoms with Crippen LogP contribution in [0.1, 0.15) is 11.1 Å². The highest BCUT2D eigenvalue weighted by atomic mass is 35.5. The SMILES string of the molecule is O=S(=O)(CC1C=CC(Cl)(/C=C/c2ccccc2F)C=C1Cl)CC1C=CC(Cl)(/C=C/c2ccccc2F)C=C1Cl. The van der Waals surface area contributed by atoms with Gasteiger partial charge >= 0.3 is 0 Å². The van der Waals surface area contributed by atoms with Crippen molar-refractivity contribution >= 4 is 68.4 Å². The van der Waals surface area contributed by atoms with Gasteiger partial charge in [-0.3, -0.25) is 0 Å². The van der Waals surface area contributed by atoms with Gasteiger partial charge in [0.2, 0.25) is 0 Å². The Hall–Kier alpha value is -2.15. The molecule has 0 bridgehead atoms. The summed E-state index contributed by atoms with van der Waals surface area (Å²) in [7, 11) is -3.62. The molecule has 0 radical (unpaired) electrons. The molecule has 0 saturated heterocycles. The number of sulfone groups is 1. The first-order valence-electron chi connectivity index (χ1n) is 12.0. The van der Waals surface area contributed by atoms with Gasteiger partial charge in [0.1, 0.15) is 21.4 Å². The van der Waals surface area contributed by atoms with Crippen molar-refractivity contribution in [2.75, 3.05) is 11.5 Å². The van der Waals surface area contributed by atoms with Crippen molar-refractivity contribution in [1.82, 2.24) is 0 Å². The van der Waals surface area contributed by atoms with Crippen molar-refractivity contribution in [2.45, 2.75) is 9.75 Å². The van der Waals surface area contributed by atoms with Crippen molar-refractivity contribution in [3.8, 4) is 0 Å². The lowest BCUT2D eigenvalue weighted by atomic mass is 9.95. The Kier molecular flexibility index (Phi) is 9.30. The van der Waals surface area contributed by atoms with E-state index in [0.29, 0.717) is 11.1 Å². The fraction of sp³-hybridized carbons (Fsp3) is 0.200. The van der Waals surface area contributed by atoms with Crippen molar-refractivity contribution in [2.24, 2.45) is 11.8 Å². The molecular weight excluding hydrogens is 604 g/mol. The Labute approximate surface area is 247 Å². The highest BCUT2D eigenvalue weighted by Crippen LogP contribution is 2.37. The van der Waals surface area contributed by atoms with Crippen LogP contribution in [0.3, 0.4) is 0 Å². The smallest absolute Gasteiger partial charge is 0.152 e. The molecule has 2 nitrogen and oxygen atoms in total. The van der Waals surface area contributed by atoms with Gasteiger partial charge in [0.05, 0.1) is 11.5 Å². The fourth-order valence-electron chi connectivity index (χ4n) is 4.19. The molecule has 4 rings (SSSR count). The summed E-state index contributed by atoms with van der Waals surface area (Å²) in [4.78, 5) is -2.23. The van der Waals surface area contributed by atoms with Gasteiger partial charge in [-0.05, 0) is 24.3 Å². The number of benzene rings is 2. The normalized spacial score (nSPS) is 27.2. The summed E-state index contributed by atoms with van der Waals surface area (Å²) in [6.07, 6.45) is 15.9. The van der Waals surface area contributed by atoms with Gasteiger partial charge in [0, 0.05) is 33.0 Å². The van der Waals surface area contributed by atoms with Crippen molar-refractivity contribution in [3.05, 3.63) is 130 Å². The van der Waals surface area contributed by atoms with E-state index >= 15 is 0 Å². The molecule has 0 aliphatic heterocycles. The average Bonchev–Trinajstić information content (AvgIpc) is 2.87. The molecule has 4 atom stereocenters. The van der Waals surface area contributed by atoms with Gasteiger partial charge < -0.3 is 0 Å². The largest absolute Gasteiger partial charge is 0.229 e. The van der Waals surface area contributed by atoms with Gasteiger partial charge in [-0.15, -0.1) is 23.2 Å². The summed E-state index contributed by atoms with van der Waals surface area (Å²) in [6, 6.07) is 12.5. The molecule has 204 valence electrons. The predicted octanol–water partition coefficient (Wildman–Crippen LogP) is 8.68. The molecular formula is C30H24Cl4F2O2S. The van der Waals surface area contributed by atoms with E-state index in [2.05, 4.69) is 0 Å². The molecule has 0 N–H and O–H groups in total. The first kappa shape index (κ1) is 29.8. The first-order valence-corrected chi connectivity index (χ1v) is 15.3. The van der Waals surface area contributed by atoms with E-state index in [0.717, 1.165) is 0 Å². The lowest BCUT2D eigenvalue weighted by Gasteiger charge is -2.26. The van der Waals surface area contributed by atoms with E-state index in [1.165, 1.54) is 12.1 Å². The number of hydrogen-bond acceptors (Lipinski definition) is 2. The summed E-state index contributed by atoms with van der Waals surface area (Å²) in [5.41, 5.74) is 0.739. The van der Waals surface area contributed by atoms with Crippen LogP contribution in [0.25, 0.3) is 12.2 Å². The van der Waals surface area contributed by atoms with E-state index in [-0.39, 0.29) is 33.2 Å². The third kappa shape index (κ3) is 7.96. The van der Waals surface area contributed by atoms with Crippen molar-refractivity contribution < 1.29 is 17.2 Å². The molecule has 0 fully saturated rings. The molecule has 2 aliphatic carbocycles. The Morgan fingerprint density at radius 3 is 1.46 bits per heavy atom. The van der Waals surface area contributed by atoms with E-state index in [1.807, 2.05) is 0 Å². The van der Waals surface area contributed by atoms with Crippen LogP contribution in [0.15, 0.2) is 107 Å². The van der Waals surface area contributed by atoms with Crippen LogP contribution in [0.4, 0.5) is 8.78 Å². The molecule has 39 heavy (non-hydrogen) atoms. The number of alkyl halides is 2. The van der Waals surface area contributed by atoms with Crippen LogP contribution in [0, 0.1) is 23.5 Å². The van der Waals surface area contributed by atoms with E-state index in [4.69, 9.17) is 46.4 Å². The lowest BCUT2D eigenvalue weighted by Crippen LogP contribution is -2.27. The maximum atomic E-state index is 13.9. The molecule has 4 unspecified atom stereocenters. The summed E-state index contributed by atoms with van der Waals surface area (Å²) in [5, 5.41) is 0.543. The van der Waals surface area contributed by atoms with Crippen LogP contribution >= 0.6 is 46.4 Å². The predicted molar refractivity (Wildman–Crippen MR) is 160 cm³/mol. The Bertz CT molecular complexity index is 1420. The van der Waals surface area contributed by atoms with Crippen LogP contribution in [0.2, 0.25) is 0 Å². The van der Waals surface area contributed by atoms with E-state index in [9.17, 15) is 17.2 Å². The van der Waals surface area contributed by atoms with Crippen LogP contribution < -0.4 is 0 Å². The van der Waals surface area contributed by atoms with Crippen LogP contribution in [0.5, 0.6) is 0 Å². The minimum atomic E-state index is -3.62. The van der Waals surface area contributed by atoms with E-state index in [1.54, 1.807) is 97.2 Å². The minimum absolute atomic E-state index is 0.240. The summed E-state index contributed by atoms with van der Waals surface area (Å²) >= 11 is 26.1. The summed E-state index contributed by atoms with van der Waals surface area (Å²) in [5.74, 6) is -2.42. The van der Waals surface area contributed by atoms with Gasteiger partial charge in [-0.2, -0.15) is 0 Å². The zero-order chi connectivity index (χ0) is 28.3. The molecule has 0 saturated carbocycles. The highest BCUT2D eigenvalue weighted by Gasteiger charge is 2.32. The Balaban J connectivity index is 1.40. The molecule has 0 spiro atoms. The van der Waals surface area contributed by atoms with Crippen LogP contribution in [-0.4, -0.2) is 29.7 Å². The Morgan fingerprint density at radius 2 is 1.10 bits per heavy atom. The second-order valence-electron chi connectivity index (χ2n) is 9.43. The van der Waals surface area contributed by atoms with Crippen molar-refractivity contribution in [1.29, 1.82) is 0 Å². The second kappa shape index (κ2) is 12.2. The van der Waals surface area contributed by atoms with E-state index < -0.39 is 31.4 Å². The minimum Gasteiger partial charge on any atom is -0.229 e. The topological polar surface area (TPSA) is 34.1 Å². The van der Waals surface area contributed by atoms with Gasteiger partial charge in [-0.25, -0.2) is 17.2 Å². The molecule has 2 aliphatic rings. The zero-order valence-electron chi connectivity index (χ0n) is 20.5. The number of rotatable bonds is 8.